The zero-order valence-corrected chi connectivity index (χ0v) is 16.9. The van der Waals surface area contributed by atoms with Crippen LogP contribution in [0.15, 0.2) is 41.5 Å². The fourth-order valence-electron chi connectivity index (χ4n) is 3.70. The molecule has 3 heterocycles. The van der Waals surface area contributed by atoms with Crippen LogP contribution in [0.1, 0.15) is 34.7 Å². The number of benzene rings is 1. The van der Waals surface area contributed by atoms with E-state index in [2.05, 4.69) is 15.1 Å². The molecule has 5 rings (SSSR count). The molecule has 1 N–H and O–H groups in total. The second-order valence-corrected chi connectivity index (χ2v) is 8.45. The number of aryl methyl sites for hydroxylation is 2. The monoisotopic (exact) mass is 426 g/mol. The number of hydrogen-bond acceptors (Lipinski definition) is 4. The van der Waals surface area contributed by atoms with Gasteiger partial charge in [-0.3, -0.25) is 4.79 Å². The first-order valence-electron chi connectivity index (χ1n) is 9.32. The highest BCUT2D eigenvalue weighted by molar-refractivity contribution is 7.18. The Morgan fingerprint density at radius 3 is 2.97 bits per heavy atom. The summed E-state index contributed by atoms with van der Waals surface area (Å²) in [5, 5.41) is 4.98. The number of halogens is 2. The summed E-state index contributed by atoms with van der Waals surface area (Å²) in [6.45, 7) is 0. The molecule has 0 saturated carbocycles. The minimum absolute atomic E-state index is 0.170. The number of fused-ring (bicyclic) bond motifs is 3. The quantitative estimate of drug-likeness (QED) is 0.505. The number of rotatable bonds is 3. The van der Waals surface area contributed by atoms with Crippen LogP contribution >= 0.6 is 22.9 Å². The zero-order chi connectivity index (χ0) is 20.0. The van der Waals surface area contributed by atoms with Crippen molar-refractivity contribution in [2.75, 3.05) is 0 Å². The maximum atomic E-state index is 14.5. The summed E-state index contributed by atoms with van der Waals surface area (Å²) in [4.78, 5) is 22.0. The van der Waals surface area contributed by atoms with Crippen LogP contribution in [0, 0.1) is 5.82 Å². The van der Waals surface area contributed by atoms with Gasteiger partial charge < -0.3 is 4.98 Å². The molecule has 0 aliphatic heterocycles. The Morgan fingerprint density at radius 2 is 2.17 bits per heavy atom. The largest absolute Gasteiger partial charge is 0.305 e. The number of hydrogen-bond donors (Lipinski definition) is 1. The molecule has 1 aromatic carbocycles. The lowest BCUT2D eigenvalue weighted by Gasteiger charge is -2.09. The molecule has 8 heteroatoms. The highest BCUT2D eigenvalue weighted by Gasteiger charge is 2.20. The van der Waals surface area contributed by atoms with Crippen molar-refractivity contribution in [1.82, 2.24) is 19.7 Å². The van der Waals surface area contributed by atoms with Gasteiger partial charge in [0.05, 0.1) is 10.4 Å². The van der Waals surface area contributed by atoms with Crippen molar-refractivity contribution in [3.05, 3.63) is 74.7 Å². The highest BCUT2D eigenvalue weighted by Crippen LogP contribution is 2.34. The molecule has 4 aromatic rings. The molecule has 1 aliphatic rings. The Morgan fingerprint density at radius 1 is 1.31 bits per heavy atom. The van der Waals surface area contributed by atoms with Crippen LogP contribution in [0.25, 0.3) is 27.0 Å². The molecule has 146 valence electrons. The summed E-state index contributed by atoms with van der Waals surface area (Å²) in [6.07, 6.45) is 9.01. The van der Waals surface area contributed by atoms with Crippen molar-refractivity contribution in [2.45, 2.75) is 25.7 Å². The number of aromatic nitrogens is 4. The lowest BCUT2D eigenvalue weighted by atomic mass is 9.97. The van der Waals surface area contributed by atoms with E-state index >= 15 is 0 Å². The van der Waals surface area contributed by atoms with Gasteiger partial charge in [-0.25, -0.2) is 14.1 Å². The SMILES string of the molecule is O=c1[nH]c(C(Cl)=Cc2ccc(-n3cccn3)c(F)c2)nc2sc3c(c12)CCCC3. The fraction of sp³-hybridized carbons (Fsp3) is 0.190. The van der Waals surface area contributed by atoms with Crippen molar-refractivity contribution in [1.29, 1.82) is 0 Å². The van der Waals surface area contributed by atoms with Gasteiger partial charge >= 0.3 is 0 Å². The average molecular weight is 427 g/mol. The van der Waals surface area contributed by atoms with Gasteiger partial charge in [0.2, 0.25) is 0 Å². The summed E-state index contributed by atoms with van der Waals surface area (Å²) in [5.41, 5.74) is 1.88. The van der Waals surface area contributed by atoms with Crippen molar-refractivity contribution < 1.29 is 4.39 Å². The molecule has 1 aliphatic carbocycles. The minimum Gasteiger partial charge on any atom is -0.305 e. The van der Waals surface area contributed by atoms with Crippen LogP contribution in [0.4, 0.5) is 4.39 Å². The standard InChI is InChI=1S/C21H16ClFN4OS/c22-14(10-12-6-7-16(15(23)11-12)27-9-3-8-24-27)19-25-20(28)18-13-4-1-2-5-17(13)29-21(18)26-19/h3,6-11H,1-2,4-5H2,(H,25,26,28). The first-order valence-corrected chi connectivity index (χ1v) is 10.5. The van der Waals surface area contributed by atoms with Crippen LogP contribution < -0.4 is 5.56 Å². The Kier molecular flexibility index (Phi) is 4.56. The number of H-pyrrole nitrogens is 1. The van der Waals surface area contributed by atoms with Crippen LogP contribution in [-0.4, -0.2) is 19.7 Å². The van der Waals surface area contributed by atoms with Crippen molar-refractivity contribution in [3.8, 4) is 5.69 Å². The smallest absolute Gasteiger partial charge is 0.260 e. The van der Waals surface area contributed by atoms with Crippen LogP contribution in [0.5, 0.6) is 0 Å². The van der Waals surface area contributed by atoms with Crippen LogP contribution in [0.3, 0.4) is 0 Å². The molecule has 0 amide bonds. The summed E-state index contributed by atoms with van der Waals surface area (Å²) in [7, 11) is 0. The van der Waals surface area contributed by atoms with E-state index < -0.39 is 5.82 Å². The highest BCUT2D eigenvalue weighted by atomic mass is 35.5. The predicted molar refractivity (Wildman–Crippen MR) is 114 cm³/mol. The lowest BCUT2D eigenvalue weighted by molar-refractivity contribution is 0.610. The Balaban J connectivity index is 1.52. The Labute approximate surface area is 174 Å². The van der Waals surface area contributed by atoms with Crippen LogP contribution in [-0.2, 0) is 12.8 Å². The summed E-state index contributed by atoms with van der Waals surface area (Å²) >= 11 is 7.99. The summed E-state index contributed by atoms with van der Waals surface area (Å²) in [6, 6.07) is 6.47. The van der Waals surface area contributed by atoms with E-state index in [-0.39, 0.29) is 10.6 Å². The number of thiophene rings is 1. The molecule has 0 atom stereocenters. The summed E-state index contributed by atoms with van der Waals surface area (Å²) < 4.78 is 15.9. The molecule has 0 fully saturated rings. The minimum atomic E-state index is -0.422. The maximum Gasteiger partial charge on any atom is 0.260 e. The second kappa shape index (κ2) is 7.24. The van der Waals surface area contributed by atoms with Gasteiger partial charge in [0.15, 0.2) is 5.82 Å². The lowest BCUT2D eigenvalue weighted by Crippen LogP contribution is -2.12. The Hall–Kier alpha value is -2.77. The molecule has 0 saturated heterocycles. The fourth-order valence-corrected chi connectivity index (χ4v) is 5.18. The first kappa shape index (κ1) is 18.3. The van der Waals surface area contributed by atoms with Gasteiger partial charge in [0.1, 0.15) is 16.3 Å². The molecule has 0 spiro atoms. The molecule has 3 aromatic heterocycles. The van der Waals surface area contributed by atoms with Gasteiger partial charge in [-0.15, -0.1) is 11.3 Å². The van der Waals surface area contributed by atoms with E-state index in [1.54, 1.807) is 48.0 Å². The van der Waals surface area contributed by atoms with Gasteiger partial charge in [0.25, 0.3) is 5.56 Å². The molecule has 5 nitrogen and oxygen atoms in total. The molecule has 0 bridgehead atoms. The third-order valence-corrected chi connectivity index (χ3v) is 6.54. The van der Waals surface area contributed by atoms with E-state index in [0.717, 1.165) is 31.2 Å². The third-order valence-electron chi connectivity index (χ3n) is 5.07. The maximum absolute atomic E-state index is 14.5. The molecular formula is C21H16ClFN4OS. The number of nitrogens with zero attached hydrogens (tertiary/aromatic N) is 3. The van der Waals surface area contributed by atoms with Crippen LogP contribution in [0.2, 0.25) is 0 Å². The molecule has 0 unspecified atom stereocenters. The number of aromatic amines is 1. The normalized spacial score (nSPS) is 14.3. The number of nitrogens with one attached hydrogen (secondary N) is 1. The molecule has 29 heavy (non-hydrogen) atoms. The third kappa shape index (κ3) is 3.30. The van der Waals surface area contributed by atoms with Gasteiger partial charge in [-0.1, -0.05) is 17.7 Å². The average Bonchev–Trinajstić information content (AvgIpc) is 3.35. The molecular weight excluding hydrogens is 411 g/mol. The zero-order valence-electron chi connectivity index (χ0n) is 15.3. The van der Waals surface area contributed by atoms with E-state index in [9.17, 15) is 9.18 Å². The van der Waals surface area contributed by atoms with Crippen molar-refractivity contribution in [3.63, 3.8) is 0 Å². The van der Waals surface area contributed by atoms with E-state index in [1.165, 1.54) is 15.6 Å². The van der Waals surface area contributed by atoms with Crippen molar-refractivity contribution in [2.24, 2.45) is 0 Å². The second-order valence-electron chi connectivity index (χ2n) is 6.96. The van der Waals surface area contributed by atoms with Gasteiger partial charge in [-0.2, -0.15) is 5.10 Å². The van der Waals surface area contributed by atoms with Crippen molar-refractivity contribution >= 4 is 44.3 Å². The summed E-state index contributed by atoms with van der Waals surface area (Å²) in [5.74, 6) is -0.130. The Bertz CT molecular complexity index is 1310. The predicted octanol–water partition coefficient (Wildman–Crippen LogP) is 4.93. The van der Waals surface area contributed by atoms with E-state index in [1.807, 2.05) is 0 Å². The van der Waals surface area contributed by atoms with Gasteiger partial charge in [-0.05, 0) is 61.1 Å². The first-order chi connectivity index (χ1) is 14.1. The molecule has 0 radical (unpaired) electrons. The van der Waals surface area contributed by atoms with E-state index in [4.69, 9.17) is 11.6 Å². The topological polar surface area (TPSA) is 63.6 Å². The van der Waals surface area contributed by atoms with E-state index in [0.29, 0.717) is 27.3 Å². The van der Waals surface area contributed by atoms with Gasteiger partial charge in [0, 0.05) is 17.3 Å².